The zero-order chi connectivity index (χ0) is 12.3. The van der Waals surface area contributed by atoms with Gasteiger partial charge in [0.15, 0.2) is 0 Å². The van der Waals surface area contributed by atoms with Crippen LogP contribution in [0.4, 0.5) is 0 Å². The molecule has 4 heteroatoms. The van der Waals surface area contributed by atoms with Crippen molar-refractivity contribution in [3.05, 3.63) is 29.8 Å². The number of esters is 1. The number of carbonyl (C=O) groups excluding carboxylic acids is 1. The van der Waals surface area contributed by atoms with Crippen LogP contribution in [0.15, 0.2) is 29.2 Å². The SMILES string of the molecule is C[S@](=O)c1ccc(CC(=O)OC2CCC2)cc1. The van der Waals surface area contributed by atoms with Gasteiger partial charge in [0.25, 0.3) is 0 Å². The lowest BCUT2D eigenvalue weighted by atomic mass is 9.96. The maximum Gasteiger partial charge on any atom is 0.310 e. The summed E-state index contributed by atoms with van der Waals surface area (Å²) in [6.45, 7) is 0. The van der Waals surface area contributed by atoms with E-state index < -0.39 is 10.8 Å². The molecule has 3 nitrogen and oxygen atoms in total. The molecule has 0 saturated heterocycles. The van der Waals surface area contributed by atoms with Gasteiger partial charge in [-0.05, 0) is 37.0 Å². The standard InChI is InChI=1S/C13H16O3S/c1-17(15)12-7-5-10(6-8-12)9-13(14)16-11-3-2-4-11/h5-8,11H,2-4,9H2,1H3/t17-/m0/s1. The number of carbonyl (C=O) groups is 1. The van der Waals surface area contributed by atoms with E-state index in [9.17, 15) is 9.00 Å². The van der Waals surface area contributed by atoms with Crippen LogP contribution in [0.1, 0.15) is 24.8 Å². The molecule has 0 amide bonds. The van der Waals surface area contributed by atoms with Crippen LogP contribution in [0.3, 0.4) is 0 Å². The van der Waals surface area contributed by atoms with Crippen LogP contribution < -0.4 is 0 Å². The van der Waals surface area contributed by atoms with Crippen molar-refractivity contribution >= 4 is 16.8 Å². The largest absolute Gasteiger partial charge is 0.462 e. The molecular weight excluding hydrogens is 236 g/mol. The quantitative estimate of drug-likeness (QED) is 0.770. The molecule has 0 radical (unpaired) electrons. The van der Waals surface area contributed by atoms with Crippen molar-refractivity contribution in [2.45, 2.75) is 36.7 Å². The van der Waals surface area contributed by atoms with Crippen LogP contribution in [-0.4, -0.2) is 22.5 Å². The minimum atomic E-state index is -0.967. The Morgan fingerprint density at radius 1 is 1.35 bits per heavy atom. The molecule has 1 aliphatic rings. The molecule has 1 saturated carbocycles. The van der Waals surface area contributed by atoms with E-state index >= 15 is 0 Å². The summed E-state index contributed by atoms with van der Waals surface area (Å²) in [5, 5.41) is 0. The monoisotopic (exact) mass is 252 g/mol. The van der Waals surface area contributed by atoms with Crippen LogP contribution >= 0.6 is 0 Å². The highest BCUT2D eigenvalue weighted by Gasteiger charge is 2.21. The first-order chi connectivity index (χ1) is 8.15. The number of hydrogen-bond donors (Lipinski definition) is 0. The van der Waals surface area contributed by atoms with Gasteiger partial charge < -0.3 is 4.74 Å². The molecule has 17 heavy (non-hydrogen) atoms. The van der Waals surface area contributed by atoms with E-state index in [-0.39, 0.29) is 12.1 Å². The van der Waals surface area contributed by atoms with Crippen LogP contribution in [0.5, 0.6) is 0 Å². The smallest absolute Gasteiger partial charge is 0.310 e. The Kier molecular flexibility index (Phi) is 3.94. The van der Waals surface area contributed by atoms with Crippen molar-refractivity contribution in [2.24, 2.45) is 0 Å². The lowest BCUT2D eigenvalue weighted by molar-refractivity contribution is -0.152. The normalized spacial score (nSPS) is 17.2. The average molecular weight is 252 g/mol. The molecule has 0 bridgehead atoms. The van der Waals surface area contributed by atoms with Crippen molar-refractivity contribution in [3.8, 4) is 0 Å². The number of rotatable bonds is 4. The van der Waals surface area contributed by atoms with Gasteiger partial charge in [0.1, 0.15) is 6.10 Å². The van der Waals surface area contributed by atoms with Crippen molar-refractivity contribution < 1.29 is 13.7 Å². The summed E-state index contributed by atoms with van der Waals surface area (Å²) in [5.41, 5.74) is 0.906. The lowest BCUT2D eigenvalue weighted by Gasteiger charge is -2.25. The Labute approximate surface area is 104 Å². The highest BCUT2D eigenvalue weighted by Crippen LogP contribution is 2.22. The highest BCUT2D eigenvalue weighted by atomic mass is 32.2. The molecule has 0 spiro atoms. The van der Waals surface area contributed by atoms with Crippen LogP contribution in [0.25, 0.3) is 0 Å². The molecular formula is C13H16O3S. The Balaban J connectivity index is 1.89. The van der Waals surface area contributed by atoms with E-state index in [2.05, 4.69) is 0 Å². The van der Waals surface area contributed by atoms with E-state index in [1.165, 1.54) is 0 Å². The molecule has 1 aliphatic carbocycles. The van der Waals surface area contributed by atoms with Gasteiger partial charge in [0, 0.05) is 22.0 Å². The number of benzene rings is 1. The lowest BCUT2D eigenvalue weighted by Crippen LogP contribution is -2.25. The summed E-state index contributed by atoms with van der Waals surface area (Å²) < 4.78 is 16.5. The fraction of sp³-hybridized carbons (Fsp3) is 0.462. The van der Waals surface area contributed by atoms with E-state index in [1.807, 2.05) is 12.1 Å². The predicted molar refractivity (Wildman–Crippen MR) is 66.2 cm³/mol. The summed E-state index contributed by atoms with van der Waals surface area (Å²) >= 11 is 0. The Morgan fingerprint density at radius 3 is 2.47 bits per heavy atom. The highest BCUT2D eigenvalue weighted by molar-refractivity contribution is 7.84. The van der Waals surface area contributed by atoms with E-state index in [4.69, 9.17) is 4.74 Å². The first kappa shape index (κ1) is 12.3. The molecule has 0 aromatic heterocycles. The molecule has 0 unspecified atom stereocenters. The van der Waals surface area contributed by atoms with Gasteiger partial charge in [0.2, 0.25) is 0 Å². The third-order valence-electron chi connectivity index (χ3n) is 2.95. The van der Waals surface area contributed by atoms with Crippen molar-refractivity contribution in [2.75, 3.05) is 6.26 Å². The molecule has 1 aromatic rings. The fourth-order valence-corrected chi connectivity index (χ4v) is 2.20. The van der Waals surface area contributed by atoms with E-state index in [1.54, 1.807) is 18.4 Å². The Bertz CT molecular complexity index is 421. The first-order valence-corrected chi connectivity index (χ1v) is 7.33. The fourth-order valence-electron chi connectivity index (χ4n) is 1.68. The second-order valence-corrected chi connectivity index (χ2v) is 5.70. The third-order valence-corrected chi connectivity index (χ3v) is 3.89. The van der Waals surface area contributed by atoms with Crippen molar-refractivity contribution in [1.29, 1.82) is 0 Å². The maximum atomic E-state index is 11.6. The molecule has 92 valence electrons. The van der Waals surface area contributed by atoms with Gasteiger partial charge in [-0.1, -0.05) is 12.1 Å². The summed E-state index contributed by atoms with van der Waals surface area (Å²) in [5.74, 6) is -0.167. The molecule has 0 aliphatic heterocycles. The summed E-state index contributed by atoms with van der Waals surface area (Å²) in [4.78, 5) is 12.3. The topological polar surface area (TPSA) is 43.4 Å². The van der Waals surface area contributed by atoms with Crippen LogP contribution in [0.2, 0.25) is 0 Å². The average Bonchev–Trinajstić information content (AvgIpc) is 2.24. The minimum Gasteiger partial charge on any atom is -0.462 e. The second kappa shape index (κ2) is 5.45. The van der Waals surface area contributed by atoms with Gasteiger partial charge in [-0.15, -0.1) is 0 Å². The van der Waals surface area contributed by atoms with Crippen LogP contribution in [0, 0.1) is 0 Å². The van der Waals surface area contributed by atoms with Gasteiger partial charge in [-0.2, -0.15) is 0 Å². The molecule has 2 rings (SSSR count). The van der Waals surface area contributed by atoms with E-state index in [0.717, 1.165) is 29.7 Å². The predicted octanol–water partition coefficient (Wildman–Crippen LogP) is 2.06. The van der Waals surface area contributed by atoms with Crippen LogP contribution in [-0.2, 0) is 26.8 Å². The first-order valence-electron chi connectivity index (χ1n) is 5.77. The Morgan fingerprint density at radius 2 is 2.00 bits per heavy atom. The summed E-state index contributed by atoms with van der Waals surface area (Å²) in [6, 6.07) is 7.25. The zero-order valence-corrected chi connectivity index (χ0v) is 10.7. The number of ether oxygens (including phenoxy) is 1. The molecule has 0 heterocycles. The molecule has 1 aromatic carbocycles. The summed E-state index contributed by atoms with van der Waals surface area (Å²) in [7, 11) is -0.967. The molecule has 1 atom stereocenters. The van der Waals surface area contributed by atoms with Gasteiger partial charge in [0.05, 0.1) is 6.42 Å². The van der Waals surface area contributed by atoms with Gasteiger partial charge in [-0.25, -0.2) is 0 Å². The van der Waals surface area contributed by atoms with Gasteiger partial charge >= 0.3 is 5.97 Å². The maximum absolute atomic E-state index is 11.6. The molecule has 0 N–H and O–H groups in total. The second-order valence-electron chi connectivity index (χ2n) is 4.32. The minimum absolute atomic E-state index is 0.143. The Hall–Kier alpha value is -1.16. The number of hydrogen-bond acceptors (Lipinski definition) is 3. The summed E-state index contributed by atoms with van der Waals surface area (Å²) in [6.07, 6.45) is 5.24. The zero-order valence-electron chi connectivity index (χ0n) is 9.85. The van der Waals surface area contributed by atoms with Crippen molar-refractivity contribution in [3.63, 3.8) is 0 Å². The van der Waals surface area contributed by atoms with Gasteiger partial charge in [-0.3, -0.25) is 9.00 Å². The van der Waals surface area contributed by atoms with Crippen molar-refractivity contribution in [1.82, 2.24) is 0 Å². The van der Waals surface area contributed by atoms with E-state index in [0.29, 0.717) is 6.42 Å². The third kappa shape index (κ3) is 3.40. The molecule has 1 fully saturated rings.